The van der Waals surface area contributed by atoms with E-state index in [0.29, 0.717) is 11.8 Å². The van der Waals surface area contributed by atoms with Gasteiger partial charge >= 0.3 is 5.97 Å². The average Bonchev–Trinajstić information content (AvgIpc) is 2.72. The highest BCUT2D eigenvalue weighted by Gasteiger charge is 2.12. The summed E-state index contributed by atoms with van der Waals surface area (Å²) in [6, 6.07) is 8.21. The normalized spacial score (nSPS) is 16.6. The number of carbonyl (C=O) groups is 1. The van der Waals surface area contributed by atoms with Crippen molar-refractivity contribution in [3.63, 3.8) is 0 Å². The summed E-state index contributed by atoms with van der Waals surface area (Å²) < 4.78 is 5.32. The quantitative estimate of drug-likeness (QED) is 0.785. The first-order chi connectivity index (χ1) is 9.75. The zero-order valence-electron chi connectivity index (χ0n) is 11.8. The van der Waals surface area contributed by atoms with Crippen molar-refractivity contribution in [3.05, 3.63) is 29.8 Å². The van der Waals surface area contributed by atoms with Gasteiger partial charge < -0.3 is 15.2 Å². The van der Waals surface area contributed by atoms with Crippen molar-refractivity contribution in [2.24, 2.45) is 0 Å². The molecule has 2 N–H and O–H groups in total. The molecule has 2 rings (SSSR count). The van der Waals surface area contributed by atoms with E-state index in [9.17, 15) is 4.79 Å². The van der Waals surface area contributed by atoms with Crippen molar-refractivity contribution in [1.82, 2.24) is 5.32 Å². The summed E-state index contributed by atoms with van der Waals surface area (Å²) in [5, 5.41) is 12.3. The summed E-state index contributed by atoms with van der Waals surface area (Å²) in [4.78, 5) is 10.6. The molecule has 0 radical (unpaired) electrons. The van der Waals surface area contributed by atoms with E-state index in [0.717, 1.165) is 12.1 Å². The van der Waals surface area contributed by atoms with Gasteiger partial charge in [0.2, 0.25) is 0 Å². The van der Waals surface area contributed by atoms with E-state index in [2.05, 4.69) is 5.32 Å². The van der Waals surface area contributed by atoms with Gasteiger partial charge in [0.05, 0.1) is 0 Å². The molecule has 0 bridgehead atoms. The average molecular weight is 277 g/mol. The Morgan fingerprint density at radius 3 is 2.60 bits per heavy atom. The third-order valence-electron chi connectivity index (χ3n) is 3.76. The molecule has 0 aliphatic heterocycles. The van der Waals surface area contributed by atoms with E-state index in [4.69, 9.17) is 9.84 Å². The van der Waals surface area contributed by atoms with Crippen LogP contribution in [0, 0.1) is 0 Å². The maximum Gasteiger partial charge on any atom is 0.341 e. The molecule has 0 atom stereocenters. The molecule has 0 amide bonds. The summed E-state index contributed by atoms with van der Waals surface area (Å²) >= 11 is 0. The molecule has 4 heteroatoms. The number of hydrogen-bond donors (Lipinski definition) is 2. The molecule has 1 aliphatic rings. The van der Waals surface area contributed by atoms with Gasteiger partial charge in [-0.25, -0.2) is 4.79 Å². The Kier molecular flexibility index (Phi) is 5.87. The molecule has 0 aromatic heterocycles. The summed E-state index contributed by atoms with van der Waals surface area (Å²) in [5.41, 5.74) is 1.03. The molecule has 110 valence electrons. The molecule has 1 saturated carbocycles. The smallest absolute Gasteiger partial charge is 0.341 e. The molecule has 4 nitrogen and oxygen atoms in total. The second-order valence-corrected chi connectivity index (χ2v) is 5.36. The zero-order chi connectivity index (χ0) is 14.2. The molecular weight excluding hydrogens is 254 g/mol. The Hall–Kier alpha value is -1.55. The van der Waals surface area contributed by atoms with Crippen molar-refractivity contribution in [2.45, 2.75) is 51.1 Å². The zero-order valence-corrected chi connectivity index (χ0v) is 11.8. The van der Waals surface area contributed by atoms with Crippen LogP contribution in [-0.4, -0.2) is 23.7 Å². The van der Waals surface area contributed by atoms with Crippen LogP contribution in [0.2, 0.25) is 0 Å². The first kappa shape index (κ1) is 14.9. The minimum atomic E-state index is -0.948. The lowest BCUT2D eigenvalue weighted by molar-refractivity contribution is -0.139. The predicted molar refractivity (Wildman–Crippen MR) is 77.9 cm³/mol. The Balaban J connectivity index is 1.89. The fraction of sp³-hybridized carbons (Fsp3) is 0.562. The van der Waals surface area contributed by atoms with Crippen molar-refractivity contribution >= 4 is 5.97 Å². The fourth-order valence-corrected chi connectivity index (χ4v) is 2.67. The van der Waals surface area contributed by atoms with Gasteiger partial charge in [0.15, 0.2) is 6.61 Å². The van der Waals surface area contributed by atoms with Gasteiger partial charge in [-0.05, 0) is 18.9 Å². The van der Waals surface area contributed by atoms with Crippen molar-refractivity contribution in [3.8, 4) is 5.75 Å². The van der Waals surface area contributed by atoms with Gasteiger partial charge in [-0.3, -0.25) is 0 Å². The number of nitrogens with one attached hydrogen (secondary N) is 1. The third kappa shape index (κ3) is 4.85. The van der Waals surface area contributed by atoms with Crippen molar-refractivity contribution in [1.29, 1.82) is 0 Å². The van der Waals surface area contributed by atoms with Gasteiger partial charge in [0.25, 0.3) is 0 Å². The molecule has 0 saturated heterocycles. The molecule has 1 aliphatic carbocycles. The van der Waals surface area contributed by atoms with Crippen LogP contribution >= 0.6 is 0 Å². The number of para-hydroxylation sites is 1. The molecule has 0 unspecified atom stereocenters. The van der Waals surface area contributed by atoms with E-state index >= 15 is 0 Å². The van der Waals surface area contributed by atoms with Crippen LogP contribution in [0.5, 0.6) is 5.75 Å². The summed E-state index contributed by atoms with van der Waals surface area (Å²) in [6.45, 7) is 0.445. The van der Waals surface area contributed by atoms with Crippen LogP contribution in [0.15, 0.2) is 24.3 Å². The van der Waals surface area contributed by atoms with Crippen molar-refractivity contribution in [2.75, 3.05) is 6.61 Å². The van der Waals surface area contributed by atoms with Crippen LogP contribution in [-0.2, 0) is 11.3 Å². The van der Waals surface area contributed by atoms with Crippen LogP contribution in [0.3, 0.4) is 0 Å². The highest BCUT2D eigenvalue weighted by molar-refractivity contribution is 5.68. The minimum absolute atomic E-state index is 0.291. The first-order valence-electron chi connectivity index (χ1n) is 7.41. The van der Waals surface area contributed by atoms with Gasteiger partial charge in [-0.2, -0.15) is 0 Å². The van der Waals surface area contributed by atoms with E-state index in [1.165, 1.54) is 38.5 Å². The number of aliphatic carboxylic acids is 1. The lowest BCUT2D eigenvalue weighted by Gasteiger charge is -2.17. The lowest BCUT2D eigenvalue weighted by atomic mass is 10.1. The van der Waals surface area contributed by atoms with Gasteiger partial charge in [-0.1, -0.05) is 43.9 Å². The first-order valence-corrected chi connectivity index (χ1v) is 7.41. The number of carboxylic acids is 1. The van der Waals surface area contributed by atoms with E-state index in [1.807, 2.05) is 24.3 Å². The number of benzene rings is 1. The molecular formula is C16H23NO3. The third-order valence-corrected chi connectivity index (χ3v) is 3.76. The Labute approximate surface area is 120 Å². The fourth-order valence-electron chi connectivity index (χ4n) is 2.67. The SMILES string of the molecule is O=C(O)COc1ccccc1CNC1CCCCCC1. The minimum Gasteiger partial charge on any atom is -0.482 e. The number of rotatable bonds is 6. The summed E-state index contributed by atoms with van der Waals surface area (Å²) in [7, 11) is 0. The largest absolute Gasteiger partial charge is 0.482 e. The Morgan fingerprint density at radius 2 is 1.90 bits per heavy atom. The van der Waals surface area contributed by atoms with Crippen LogP contribution < -0.4 is 10.1 Å². The van der Waals surface area contributed by atoms with Crippen LogP contribution in [0.4, 0.5) is 0 Å². The maximum absolute atomic E-state index is 10.6. The van der Waals surface area contributed by atoms with Crippen molar-refractivity contribution < 1.29 is 14.6 Å². The number of carboxylic acid groups (broad SMARTS) is 1. The van der Waals surface area contributed by atoms with E-state index in [-0.39, 0.29) is 6.61 Å². The molecule has 1 fully saturated rings. The summed E-state index contributed by atoms with van der Waals surface area (Å²) in [5.74, 6) is -0.285. The monoisotopic (exact) mass is 277 g/mol. The number of ether oxygens (including phenoxy) is 1. The Bertz CT molecular complexity index is 425. The highest BCUT2D eigenvalue weighted by atomic mass is 16.5. The number of hydrogen-bond acceptors (Lipinski definition) is 3. The molecule has 1 aromatic rings. The van der Waals surface area contributed by atoms with Gasteiger partial charge in [0.1, 0.15) is 5.75 Å². The predicted octanol–water partition coefficient (Wildman–Crippen LogP) is 2.96. The van der Waals surface area contributed by atoms with E-state index in [1.54, 1.807) is 0 Å². The van der Waals surface area contributed by atoms with Crippen LogP contribution in [0.25, 0.3) is 0 Å². The molecule has 0 heterocycles. The maximum atomic E-state index is 10.6. The highest BCUT2D eigenvalue weighted by Crippen LogP contribution is 2.20. The van der Waals surface area contributed by atoms with Crippen LogP contribution in [0.1, 0.15) is 44.1 Å². The van der Waals surface area contributed by atoms with Gasteiger partial charge in [0, 0.05) is 18.2 Å². The second-order valence-electron chi connectivity index (χ2n) is 5.36. The second kappa shape index (κ2) is 7.90. The van der Waals surface area contributed by atoms with Gasteiger partial charge in [-0.15, -0.1) is 0 Å². The topological polar surface area (TPSA) is 58.6 Å². The lowest BCUT2D eigenvalue weighted by Crippen LogP contribution is -2.28. The molecule has 20 heavy (non-hydrogen) atoms. The summed E-state index contributed by atoms with van der Waals surface area (Å²) in [6.07, 6.45) is 7.76. The Morgan fingerprint density at radius 1 is 1.20 bits per heavy atom. The standard InChI is InChI=1S/C16H23NO3/c18-16(19)12-20-15-10-6-5-7-13(15)11-17-14-8-3-1-2-4-9-14/h5-7,10,14,17H,1-4,8-9,11-12H2,(H,18,19). The van der Waals surface area contributed by atoms with E-state index < -0.39 is 5.97 Å². The molecule has 0 spiro atoms. The molecule has 1 aromatic carbocycles.